The highest BCUT2D eigenvalue weighted by molar-refractivity contribution is 8.03. The summed E-state index contributed by atoms with van der Waals surface area (Å²) in [6.07, 6.45) is 6.56. The SMILES string of the molecule is CCC(=O)C1=CC=C(Sc2ccccc2)CC1. The number of carbonyl (C=O) groups excluding carboxylic acids is 1. The summed E-state index contributed by atoms with van der Waals surface area (Å²) in [7, 11) is 0. The van der Waals surface area contributed by atoms with Crippen molar-refractivity contribution in [3.8, 4) is 0 Å². The van der Waals surface area contributed by atoms with Gasteiger partial charge in [-0.05, 0) is 35.5 Å². The molecule has 88 valence electrons. The van der Waals surface area contributed by atoms with Gasteiger partial charge in [-0.3, -0.25) is 4.79 Å². The Morgan fingerprint density at radius 1 is 1.18 bits per heavy atom. The maximum absolute atomic E-state index is 11.5. The van der Waals surface area contributed by atoms with Gasteiger partial charge in [-0.2, -0.15) is 0 Å². The topological polar surface area (TPSA) is 17.1 Å². The molecule has 1 aliphatic carbocycles. The first-order valence-electron chi connectivity index (χ1n) is 5.95. The van der Waals surface area contributed by atoms with Gasteiger partial charge >= 0.3 is 0 Å². The lowest BCUT2D eigenvalue weighted by atomic mass is 10.00. The second kappa shape index (κ2) is 5.87. The molecule has 0 saturated carbocycles. The van der Waals surface area contributed by atoms with Crippen LogP contribution in [0.4, 0.5) is 0 Å². The van der Waals surface area contributed by atoms with Crippen LogP contribution in [0.15, 0.2) is 57.9 Å². The van der Waals surface area contributed by atoms with E-state index in [1.165, 1.54) is 9.80 Å². The number of Topliss-reactive ketones (excluding diaryl/α,β-unsaturated/α-hetero) is 1. The van der Waals surface area contributed by atoms with Crippen molar-refractivity contribution in [3.63, 3.8) is 0 Å². The average Bonchev–Trinajstić information content (AvgIpc) is 2.40. The first kappa shape index (κ1) is 12.2. The van der Waals surface area contributed by atoms with E-state index < -0.39 is 0 Å². The van der Waals surface area contributed by atoms with E-state index in [0.717, 1.165) is 18.4 Å². The zero-order valence-corrected chi connectivity index (χ0v) is 10.8. The van der Waals surface area contributed by atoms with Crippen LogP contribution in [0.3, 0.4) is 0 Å². The molecule has 0 fully saturated rings. The minimum Gasteiger partial charge on any atom is -0.295 e. The van der Waals surface area contributed by atoms with Crippen molar-refractivity contribution in [3.05, 3.63) is 53.0 Å². The Labute approximate surface area is 107 Å². The Balaban J connectivity index is 2.03. The van der Waals surface area contributed by atoms with Gasteiger partial charge in [0.15, 0.2) is 5.78 Å². The van der Waals surface area contributed by atoms with Crippen LogP contribution in [-0.4, -0.2) is 5.78 Å². The van der Waals surface area contributed by atoms with Crippen LogP contribution in [0.2, 0.25) is 0 Å². The maximum Gasteiger partial charge on any atom is 0.158 e. The molecule has 1 aliphatic rings. The fraction of sp³-hybridized carbons (Fsp3) is 0.267. The van der Waals surface area contributed by atoms with Gasteiger partial charge in [0.2, 0.25) is 0 Å². The first-order chi connectivity index (χ1) is 8.29. The van der Waals surface area contributed by atoms with E-state index in [1.54, 1.807) is 11.8 Å². The molecule has 1 aromatic carbocycles. The lowest BCUT2D eigenvalue weighted by molar-refractivity contribution is -0.115. The lowest BCUT2D eigenvalue weighted by Crippen LogP contribution is -2.03. The van der Waals surface area contributed by atoms with E-state index in [-0.39, 0.29) is 5.78 Å². The molecule has 2 heteroatoms. The van der Waals surface area contributed by atoms with Crippen LogP contribution in [-0.2, 0) is 4.79 Å². The molecule has 1 nitrogen and oxygen atoms in total. The molecule has 0 unspecified atom stereocenters. The number of allylic oxidation sites excluding steroid dienone is 4. The summed E-state index contributed by atoms with van der Waals surface area (Å²) >= 11 is 1.79. The fourth-order valence-corrected chi connectivity index (χ4v) is 2.74. The van der Waals surface area contributed by atoms with E-state index in [2.05, 4.69) is 18.2 Å². The minimum absolute atomic E-state index is 0.282. The van der Waals surface area contributed by atoms with Gasteiger partial charge in [-0.1, -0.05) is 49.0 Å². The fourth-order valence-electron chi connectivity index (χ4n) is 1.80. The third kappa shape index (κ3) is 3.34. The molecule has 0 amide bonds. The molecular weight excluding hydrogens is 228 g/mol. The Kier molecular flexibility index (Phi) is 4.21. The number of hydrogen-bond donors (Lipinski definition) is 0. The normalized spacial score (nSPS) is 15.1. The number of hydrogen-bond acceptors (Lipinski definition) is 2. The van der Waals surface area contributed by atoms with Gasteiger partial charge in [0, 0.05) is 11.3 Å². The van der Waals surface area contributed by atoms with Crippen molar-refractivity contribution in [2.45, 2.75) is 31.1 Å². The van der Waals surface area contributed by atoms with Crippen LogP contribution < -0.4 is 0 Å². The largest absolute Gasteiger partial charge is 0.295 e. The van der Waals surface area contributed by atoms with Crippen molar-refractivity contribution in [1.29, 1.82) is 0 Å². The van der Waals surface area contributed by atoms with Gasteiger partial charge in [0.1, 0.15) is 0 Å². The summed E-state index contributed by atoms with van der Waals surface area (Å²) in [5.74, 6) is 0.282. The monoisotopic (exact) mass is 244 g/mol. The molecule has 0 heterocycles. The van der Waals surface area contributed by atoms with Crippen molar-refractivity contribution in [1.82, 2.24) is 0 Å². The Morgan fingerprint density at radius 3 is 2.53 bits per heavy atom. The number of ketones is 1. The maximum atomic E-state index is 11.5. The first-order valence-corrected chi connectivity index (χ1v) is 6.77. The molecule has 0 spiro atoms. The summed E-state index contributed by atoms with van der Waals surface area (Å²) in [4.78, 5) is 14.1. The number of thioether (sulfide) groups is 1. The zero-order chi connectivity index (χ0) is 12.1. The molecule has 0 N–H and O–H groups in total. The lowest BCUT2D eigenvalue weighted by Gasteiger charge is -2.13. The van der Waals surface area contributed by atoms with Gasteiger partial charge < -0.3 is 0 Å². The highest BCUT2D eigenvalue weighted by Crippen LogP contribution is 2.33. The molecular formula is C15H16OS. The molecule has 0 saturated heterocycles. The third-order valence-electron chi connectivity index (χ3n) is 2.78. The molecule has 0 atom stereocenters. The van der Waals surface area contributed by atoms with E-state index in [1.807, 2.05) is 31.2 Å². The predicted molar refractivity (Wildman–Crippen MR) is 73.0 cm³/mol. The van der Waals surface area contributed by atoms with Crippen molar-refractivity contribution in [2.75, 3.05) is 0 Å². The molecule has 0 radical (unpaired) electrons. The van der Waals surface area contributed by atoms with Crippen molar-refractivity contribution < 1.29 is 4.79 Å². The molecule has 1 aromatic rings. The minimum atomic E-state index is 0.282. The van der Waals surface area contributed by atoms with E-state index >= 15 is 0 Å². The Hall–Kier alpha value is -1.28. The highest BCUT2D eigenvalue weighted by atomic mass is 32.2. The van der Waals surface area contributed by atoms with E-state index in [4.69, 9.17) is 0 Å². The molecule has 0 bridgehead atoms. The number of rotatable bonds is 4. The number of carbonyl (C=O) groups is 1. The van der Waals surface area contributed by atoms with Gasteiger partial charge in [0.05, 0.1) is 0 Å². The average molecular weight is 244 g/mol. The second-order valence-corrected chi connectivity index (χ2v) is 5.22. The van der Waals surface area contributed by atoms with Crippen LogP contribution in [0, 0.1) is 0 Å². The zero-order valence-electron chi connectivity index (χ0n) is 9.98. The molecule has 17 heavy (non-hydrogen) atoms. The summed E-state index contributed by atoms with van der Waals surface area (Å²) in [6.45, 7) is 1.92. The number of benzene rings is 1. The second-order valence-electron chi connectivity index (χ2n) is 4.02. The summed E-state index contributed by atoms with van der Waals surface area (Å²) in [5, 5.41) is 0. The molecule has 0 aromatic heterocycles. The molecule has 2 rings (SSSR count). The van der Waals surface area contributed by atoms with Crippen LogP contribution in [0.5, 0.6) is 0 Å². The van der Waals surface area contributed by atoms with Crippen molar-refractivity contribution >= 4 is 17.5 Å². The van der Waals surface area contributed by atoms with Crippen LogP contribution in [0.25, 0.3) is 0 Å². The third-order valence-corrected chi connectivity index (χ3v) is 3.89. The van der Waals surface area contributed by atoms with Gasteiger partial charge in [-0.15, -0.1) is 0 Å². The molecule has 0 aliphatic heterocycles. The summed E-state index contributed by atoms with van der Waals surface area (Å²) in [6, 6.07) is 10.3. The Bertz CT molecular complexity index is 457. The Morgan fingerprint density at radius 2 is 1.94 bits per heavy atom. The van der Waals surface area contributed by atoms with Crippen LogP contribution >= 0.6 is 11.8 Å². The van der Waals surface area contributed by atoms with Crippen LogP contribution in [0.1, 0.15) is 26.2 Å². The van der Waals surface area contributed by atoms with Gasteiger partial charge in [-0.25, -0.2) is 0 Å². The standard InChI is InChI=1S/C15H16OS/c1-2-15(16)12-8-10-14(11-9-12)17-13-6-4-3-5-7-13/h3-8,10H,2,9,11H2,1H3. The summed E-state index contributed by atoms with van der Waals surface area (Å²) in [5.41, 5.74) is 0.977. The quantitative estimate of drug-likeness (QED) is 0.782. The van der Waals surface area contributed by atoms with Gasteiger partial charge in [0.25, 0.3) is 0 Å². The smallest absolute Gasteiger partial charge is 0.158 e. The van der Waals surface area contributed by atoms with Crippen molar-refractivity contribution in [2.24, 2.45) is 0 Å². The van der Waals surface area contributed by atoms with E-state index in [9.17, 15) is 4.79 Å². The van der Waals surface area contributed by atoms with E-state index in [0.29, 0.717) is 6.42 Å². The predicted octanol–water partition coefficient (Wildman–Crippen LogP) is 4.36. The highest BCUT2D eigenvalue weighted by Gasteiger charge is 2.12. The summed E-state index contributed by atoms with van der Waals surface area (Å²) < 4.78 is 0.